The smallest absolute Gasteiger partial charge is 0.113 e. The molecule has 1 aromatic heterocycles. The maximum Gasteiger partial charge on any atom is 0.113 e. The van der Waals surface area contributed by atoms with Crippen molar-refractivity contribution in [2.45, 2.75) is 84.5 Å². The Morgan fingerprint density at radius 1 is 0.703 bits per heavy atom. The molecule has 0 saturated carbocycles. The lowest BCUT2D eigenvalue weighted by molar-refractivity contribution is 0.151. The topological polar surface area (TPSA) is 50.9 Å². The van der Waals surface area contributed by atoms with Crippen LogP contribution in [-0.4, -0.2) is 26.7 Å². The molecule has 37 heavy (non-hydrogen) atoms. The average molecular weight is 498 g/mol. The Hall–Kier alpha value is -2.98. The van der Waals surface area contributed by atoms with E-state index in [1.807, 2.05) is 24.3 Å². The van der Waals surface area contributed by atoms with Gasteiger partial charge in [-0.25, -0.2) is 0 Å². The first-order valence-electron chi connectivity index (χ1n) is 13.8. The zero-order valence-electron chi connectivity index (χ0n) is 23.5. The Kier molecular flexibility index (Phi) is 7.89. The van der Waals surface area contributed by atoms with Gasteiger partial charge in [0.2, 0.25) is 0 Å². The van der Waals surface area contributed by atoms with Crippen molar-refractivity contribution in [1.82, 2.24) is 15.0 Å². The summed E-state index contributed by atoms with van der Waals surface area (Å²) in [6.45, 7) is 14.0. The van der Waals surface area contributed by atoms with Gasteiger partial charge in [-0.05, 0) is 71.0 Å². The van der Waals surface area contributed by atoms with Gasteiger partial charge in [0.1, 0.15) is 11.0 Å². The third-order valence-corrected chi connectivity index (χ3v) is 9.00. The van der Waals surface area contributed by atoms with Gasteiger partial charge in [0.25, 0.3) is 0 Å². The Morgan fingerprint density at radius 3 is 1.81 bits per heavy atom. The molecule has 196 valence electrons. The highest BCUT2D eigenvalue weighted by atomic mass is 16.3. The summed E-state index contributed by atoms with van der Waals surface area (Å²) in [6.07, 6.45) is 4.97. The molecule has 4 heteroatoms. The summed E-state index contributed by atoms with van der Waals surface area (Å²) in [4.78, 5) is 1.79. The van der Waals surface area contributed by atoms with Crippen molar-refractivity contribution in [2.75, 3.05) is 6.61 Å². The third kappa shape index (κ3) is 5.36. The molecule has 0 amide bonds. The van der Waals surface area contributed by atoms with Crippen LogP contribution in [0.15, 0.2) is 72.8 Å². The van der Waals surface area contributed by atoms with E-state index in [0.29, 0.717) is 0 Å². The number of aromatic nitrogens is 3. The number of rotatable bonds is 11. The molecule has 4 nitrogen and oxygen atoms in total. The van der Waals surface area contributed by atoms with Crippen LogP contribution in [0.1, 0.15) is 90.3 Å². The Morgan fingerprint density at radius 2 is 1.27 bits per heavy atom. The summed E-state index contributed by atoms with van der Waals surface area (Å²) in [5.74, 6) is 0. The molecule has 0 saturated heterocycles. The second kappa shape index (κ2) is 10.8. The molecule has 1 atom stereocenters. The minimum absolute atomic E-state index is 0.139. The predicted molar refractivity (Wildman–Crippen MR) is 154 cm³/mol. The van der Waals surface area contributed by atoms with Gasteiger partial charge in [-0.3, -0.25) is 0 Å². The van der Waals surface area contributed by atoms with Crippen LogP contribution in [-0.2, 0) is 10.8 Å². The highest BCUT2D eigenvalue weighted by Gasteiger charge is 2.38. The fourth-order valence-electron chi connectivity index (χ4n) is 5.76. The Balaban J connectivity index is 1.96. The molecule has 4 rings (SSSR count). The molecule has 0 spiro atoms. The lowest BCUT2D eigenvalue weighted by Gasteiger charge is -2.42. The molecular formula is C33H43N3O. The number of hydrogen-bond donors (Lipinski definition) is 1. The molecule has 0 aliphatic rings. The summed E-state index contributed by atoms with van der Waals surface area (Å²) in [5, 5.41) is 20.0. The summed E-state index contributed by atoms with van der Waals surface area (Å²) < 4.78 is 0. The summed E-state index contributed by atoms with van der Waals surface area (Å²) in [7, 11) is 0. The fraction of sp³-hybridized carbons (Fsp3) is 0.455. The summed E-state index contributed by atoms with van der Waals surface area (Å²) in [6, 6.07) is 25.6. The van der Waals surface area contributed by atoms with Crippen molar-refractivity contribution in [2.24, 2.45) is 5.41 Å². The monoisotopic (exact) mass is 497 g/mol. The number of aliphatic hydroxyl groups excluding tert-OH is 1. The van der Waals surface area contributed by atoms with Crippen molar-refractivity contribution < 1.29 is 5.11 Å². The van der Waals surface area contributed by atoms with E-state index in [-0.39, 0.29) is 22.9 Å². The standard InChI is InChI=1S/C33H43N3O/c1-7-32(6,8-2)24-33(9-3,19-20-37)27-21-26(31(4,5)25-15-11-10-12-16-25)22-28(23-27)36-34-29-17-13-14-18-30(29)35-36/h10-18,21-23,37H,7-9,19-20,24H2,1-6H3. The zero-order chi connectivity index (χ0) is 26.7. The van der Waals surface area contributed by atoms with Crippen LogP contribution < -0.4 is 0 Å². The molecule has 0 aliphatic heterocycles. The fourth-order valence-corrected chi connectivity index (χ4v) is 5.76. The highest BCUT2D eigenvalue weighted by Crippen LogP contribution is 2.47. The van der Waals surface area contributed by atoms with Gasteiger partial charge in [0, 0.05) is 12.0 Å². The summed E-state index contributed by atoms with van der Waals surface area (Å²) in [5.41, 5.74) is 6.38. The zero-order valence-corrected chi connectivity index (χ0v) is 23.5. The van der Waals surface area contributed by atoms with E-state index >= 15 is 0 Å². The first kappa shape index (κ1) is 27.1. The number of fused-ring (bicyclic) bond motifs is 1. The molecular weight excluding hydrogens is 454 g/mol. The van der Waals surface area contributed by atoms with Crippen LogP contribution in [0.4, 0.5) is 0 Å². The molecule has 0 radical (unpaired) electrons. The number of nitrogens with zero attached hydrogens (tertiary/aromatic N) is 3. The number of benzene rings is 3. The van der Waals surface area contributed by atoms with Gasteiger partial charge in [0.15, 0.2) is 0 Å². The molecule has 0 fully saturated rings. The minimum Gasteiger partial charge on any atom is -0.396 e. The molecule has 1 unspecified atom stereocenters. The lowest BCUT2D eigenvalue weighted by Crippen LogP contribution is -2.35. The van der Waals surface area contributed by atoms with Crippen LogP contribution in [0.3, 0.4) is 0 Å². The van der Waals surface area contributed by atoms with E-state index in [4.69, 9.17) is 10.2 Å². The molecule has 0 aliphatic carbocycles. The number of aliphatic hydroxyl groups is 1. The van der Waals surface area contributed by atoms with Gasteiger partial charge >= 0.3 is 0 Å². The maximum atomic E-state index is 10.3. The SMILES string of the molecule is CCC(C)(CC)CC(CC)(CCO)c1cc(-n2nc3ccccc3n2)cc(C(C)(C)c2ccccc2)c1. The number of hydrogen-bond acceptors (Lipinski definition) is 3. The van der Waals surface area contributed by atoms with Crippen LogP contribution in [0, 0.1) is 5.41 Å². The molecule has 3 aromatic carbocycles. The summed E-state index contributed by atoms with van der Waals surface area (Å²) >= 11 is 0. The maximum absolute atomic E-state index is 10.3. The normalized spacial score (nSPS) is 14.1. The second-order valence-corrected chi connectivity index (χ2v) is 11.5. The van der Waals surface area contributed by atoms with Gasteiger partial charge in [0.05, 0.1) is 5.69 Å². The van der Waals surface area contributed by atoms with Crippen molar-refractivity contribution in [3.63, 3.8) is 0 Å². The van der Waals surface area contributed by atoms with E-state index in [0.717, 1.165) is 48.8 Å². The van der Waals surface area contributed by atoms with E-state index < -0.39 is 0 Å². The third-order valence-electron chi connectivity index (χ3n) is 9.00. The first-order chi connectivity index (χ1) is 17.7. The average Bonchev–Trinajstić information content (AvgIpc) is 3.37. The predicted octanol–water partition coefficient (Wildman–Crippen LogP) is 7.99. The van der Waals surface area contributed by atoms with E-state index in [2.05, 4.69) is 90.1 Å². The second-order valence-electron chi connectivity index (χ2n) is 11.5. The van der Waals surface area contributed by atoms with E-state index in [1.165, 1.54) is 16.7 Å². The molecule has 4 aromatic rings. The van der Waals surface area contributed by atoms with E-state index in [9.17, 15) is 5.11 Å². The Labute approximate surface area is 222 Å². The van der Waals surface area contributed by atoms with Crippen molar-refractivity contribution in [1.29, 1.82) is 0 Å². The van der Waals surface area contributed by atoms with Crippen LogP contribution in [0.5, 0.6) is 0 Å². The minimum atomic E-state index is -0.212. The van der Waals surface area contributed by atoms with Crippen molar-refractivity contribution in [3.8, 4) is 5.69 Å². The van der Waals surface area contributed by atoms with Crippen LogP contribution >= 0.6 is 0 Å². The van der Waals surface area contributed by atoms with Crippen LogP contribution in [0.2, 0.25) is 0 Å². The molecule has 1 heterocycles. The van der Waals surface area contributed by atoms with E-state index in [1.54, 1.807) is 4.80 Å². The Bertz CT molecular complexity index is 1290. The molecule has 0 bridgehead atoms. The van der Waals surface area contributed by atoms with Crippen LogP contribution in [0.25, 0.3) is 16.7 Å². The van der Waals surface area contributed by atoms with Crippen molar-refractivity contribution >= 4 is 11.0 Å². The largest absolute Gasteiger partial charge is 0.396 e. The van der Waals surface area contributed by atoms with Gasteiger partial charge < -0.3 is 5.11 Å². The lowest BCUT2D eigenvalue weighted by atomic mass is 9.63. The van der Waals surface area contributed by atoms with Gasteiger partial charge in [-0.1, -0.05) is 103 Å². The van der Waals surface area contributed by atoms with Crippen molar-refractivity contribution in [3.05, 3.63) is 89.5 Å². The molecule has 1 N–H and O–H groups in total. The highest BCUT2D eigenvalue weighted by molar-refractivity contribution is 5.73. The first-order valence-corrected chi connectivity index (χ1v) is 13.8. The van der Waals surface area contributed by atoms with Gasteiger partial charge in [-0.15, -0.1) is 10.2 Å². The van der Waals surface area contributed by atoms with Gasteiger partial charge in [-0.2, -0.15) is 4.80 Å². The quantitative estimate of drug-likeness (QED) is 0.228.